The molecule has 0 bridgehead atoms. The van der Waals surface area contributed by atoms with E-state index in [2.05, 4.69) is 29.7 Å². The zero-order valence-electron chi connectivity index (χ0n) is 13.7. The SMILES string of the molecule is Cc1cc(C)nc(N2CCC3CCN(c4cnccn4)CC32)n1. The minimum Gasteiger partial charge on any atom is -0.353 e. The molecule has 0 aliphatic carbocycles. The molecule has 2 saturated heterocycles. The predicted octanol–water partition coefficient (Wildman–Crippen LogP) is 1.99. The number of piperidine rings is 1. The van der Waals surface area contributed by atoms with E-state index in [0.29, 0.717) is 6.04 Å². The fourth-order valence-corrected chi connectivity index (χ4v) is 3.89. The predicted molar refractivity (Wildman–Crippen MR) is 89.6 cm³/mol. The van der Waals surface area contributed by atoms with Crippen molar-refractivity contribution in [1.82, 2.24) is 19.9 Å². The van der Waals surface area contributed by atoms with Gasteiger partial charge in [-0.15, -0.1) is 0 Å². The first-order valence-electron chi connectivity index (χ1n) is 8.30. The Morgan fingerprint density at radius 1 is 1.04 bits per heavy atom. The number of hydrogen-bond donors (Lipinski definition) is 0. The lowest BCUT2D eigenvalue weighted by molar-refractivity contribution is 0.387. The van der Waals surface area contributed by atoms with Gasteiger partial charge in [0, 0.05) is 43.4 Å². The van der Waals surface area contributed by atoms with Gasteiger partial charge in [0.15, 0.2) is 0 Å². The summed E-state index contributed by atoms with van der Waals surface area (Å²) >= 11 is 0. The fourth-order valence-electron chi connectivity index (χ4n) is 3.89. The first kappa shape index (κ1) is 14.4. The Balaban J connectivity index is 1.59. The standard InChI is InChI=1S/C17H22N6/c1-12-9-13(2)21-17(20-12)23-8-4-14-3-7-22(11-15(14)23)16-10-18-5-6-19-16/h5-6,9-10,14-15H,3-4,7-8,11H2,1-2H3. The molecule has 0 amide bonds. The van der Waals surface area contributed by atoms with E-state index in [1.54, 1.807) is 12.4 Å². The van der Waals surface area contributed by atoms with E-state index >= 15 is 0 Å². The van der Waals surface area contributed by atoms with Crippen LogP contribution in [0.15, 0.2) is 24.7 Å². The topological polar surface area (TPSA) is 58.0 Å². The zero-order valence-corrected chi connectivity index (χ0v) is 13.7. The summed E-state index contributed by atoms with van der Waals surface area (Å²) in [6, 6.07) is 2.50. The number of aryl methyl sites for hydroxylation is 2. The Morgan fingerprint density at radius 3 is 2.57 bits per heavy atom. The lowest BCUT2D eigenvalue weighted by atomic mass is 9.92. The monoisotopic (exact) mass is 310 g/mol. The molecule has 0 N–H and O–H groups in total. The third kappa shape index (κ3) is 2.73. The minimum atomic E-state index is 0.465. The molecular formula is C17H22N6. The van der Waals surface area contributed by atoms with Gasteiger partial charge in [-0.3, -0.25) is 4.98 Å². The van der Waals surface area contributed by atoms with Gasteiger partial charge in [-0.2, -0.15) is 0 Å². The maximum atomic E-state index is 4.67. The van der Waals surface area contributed by atoms with Gasteiger partial charge in [0.1, 0.15) is 5.82 Å². The third-order valence-corrected chi connectivity index (χ3v) is 4.96. The largest absolute Gasteiger partial charge is 0.353 e. The van der Waals surface area contributed by atoms with Crippen molar-refractivity contribution >= 4 is 11.8 Å². The second-order valence-corrected chi connectivity index (χ2v) is 6.56. The van der Waals surface area contributed by atoms with E-state index in [4.69, 9.17) is 0 Å². The first-order chi connectivity index (χ1) is 11.2. The van der Waals surface area contributed by atoms with Crippen LogP contribution in [0.3, 0.4) is 0 Å². The van der Waals surface area contributed by atoms with Gasteiger partial charge < -0.3 is 9.80 Å². The Labute approximate surface area is 136 Å². The molecule has 120 valence electrons. The van der Waals surface area contributed by atoms with Gasteiger partial charge in [-0.1, -0.05) is 0 Å². The van der Waals surface area contributed by atoms with Crippen LogP contribution in [-0.2, 0) is 0 Å². The molecule has 2 aliphatic rings. The van der Waals surface area contributed by atoms with E-state index in [1.807, 2.05) is 26.1 Å². The average molecular weight is 310 g/mol. The van der Waals surface area contributed by atoms with E-state index in [-0.39, 0.29) is 0 Å². The second-order valence-electron chi connectivity index (χ2n) is 6.56. The van der Waals surface area contributed by atoms with Crippen LogP contribution in [0.2, 0.25) is 0 Å². The molecular weight excluding hydrogens is 288 g/mol. The molecule has 0 spiro atoms. The molecule has 6 nitrogen and oxygen atoms in total. The molecule has 4 rings (SSSR count). The van der Waals surface area contributed by atoms with Crippen LogP contribution >= 0.6 is 0 Å². The second kappa shape index (κ2) is 5.76. The maximum absolute atomic E-state index is 4.67. The molecule has 2 aromatic heterocycles. The highest BCUT2D eigenvalue weighted by Crippen LogP contribution is 2.34. The first-order valence-corrected chi connectivity index (χ1v) is 8.30. The van der Waals surface area contributed by atoms with Crippen LogP contribution in [0.5, 0.6) is 0 Å². The van der Waals surface area contributed by atoms with Crippen molar-refractivity contribution < 1.29 is 0 Å². The normalized spacial score (nSPS) is 23.9. The van der Waals surface area contributed by atoms with E-state index < -0.39 is 0 Å². The zero-order chi connectivity index (χ0) is 15.8. The van der Waals surface area contributed by atoms with Crippen molar-refractivity contribution in [2.45, 2.75) is 32.7 Å². The van der Waals surface area contributed by atoms with Crippen molar-refractivity contribution in [2.75, 3.05) is 29.4 Å². The van der Waals surface area contributed by atoms with Gasteiger partial charge in [0.05, 0.1) is 12.2 Å². The van der Waals surface area contributed by atoms with E-state index in [0.717, 1.165) is 48.7 Å². The lowest BCUT2D eigenvalue weighted by Crippen LogP contribution is -2.49. The summed E-state index contributed by atoms with van der Waals surface area (Å²) in [5.41, 5.74) is 2.08. The molecule has 2 aliphatic heterocycles. The molecule has 2 unspecified atom stereocenters. The summed E-state index contributed by atoms with van der Waals surface area (Å²) in [4.78, 5) is 22.7. The third-order valence-electron chi connectivity index (χ3n) is 4.96. The van der Waals surface area contributed by atoms with Crippen LogP contribution in [-0.4, -0.2) is 45.6 Å². The highest BCUT2D eigenvalue weighted by Gasteiger charge is 2.40. The van der Waals surface area contributed by atoms with Crippen LogP contribution < -0.4 is 9.80 Å². The quantitative estimate of drug-likeness (QED) is 0.845. The van der Waals surface area contributed by atoms with Crippen molar-refractivity contribution in [1.29, 1.82) is 0 Å². The minimum absolute atomic E-state index is 0.465. The van der Waals surface area contributed by atoms with Gasteiger partial charge >= 0.3 is 0 Å². The van der Waals surface area contributed by atoms with Crippen molar-refractivity contribution in [3.8, 4) is 0 Å². The summed E-state index contributed by atoms with van der Waals surface area (Å²) < 4.78 is 0. The molecule has 2 atom stereocenters. The Hall–Kier alpha value is -2.24. The van der Waals surface area contributed by atoms with Gasteiger partial charge in [0.25, 0.3) is 0 Å². The number of nitrogens with zero attached hydrogens (tertiary/aromatic N) is 6. The van der Waals surface area contributed by atoms with Crippen molar-refractivity contribution in [3.63, 3.8) is 0 Å². The highest BCUT2D eigenvalue weighted by atomic mass is 15.3. The summed E-state index contributed by atoms with van der Waals surface area (Å²) in [6.07, 6.45) is 7.77. The molecule has 0 saturated carbocycles. The molecule has 2 fully saturated rings. The van der Waals surface area contributed by atoms with E-state index in [9.17, 15) is 0 Å². The van der Waals surface area contributed by atoms with Crippen LogP contribution in [0.4, 0.5) is 11.8 Å². The van der Waals surface area contributed by atoms with Gasteiger partial charge in [-0.05, 0) is 38.7 Å². The number of rotatable bonds is 2. The number of fused-ring (bicyclic) bond motifs is 1. The van der Waals surface area contributed by atoms with Crippen LogP contribution in [0.25, 0.3) is 0 Å². The van der Waals surface area contributed by atoms with Crippen molar-refractivity contribution in [2.24, 2.45) is 5.92 Å². The lowest BCUT2D eigenvalue weighted by Gasteiger charge is -2.38. The smallest absolute Gasteiger partial charge is 0.226 e. The molecule has 23 heavy (non-hydrogen) atoms. The molecule has 6 heteroatoms. The fraction of sp³-hybridized carbons (Fsp3) is 0.529. The number of hydrogen-bond acceptors (Lipinski definition) is 6. The maximum Gasteiger partial charge on any atom is 0.226 e. The summed E-state index contributed by atoms with van der Waals surface area (Å²) in [7, 11) is 0. The number of anilines is 2. The Bertz CT molecular complexity index is 668. The van der Waals surface area contributed by atoms with Crippen LogP contribution in [0.1, 0.15) is 24.2 Å². The molecule has 0 radical (unpaired) electrons. The Morgan fingerprint density at radius 2 is 1.83 bits per heavy atom. The highest BCUT2D eigenvalue weighted by molar-refractivity contribution is 5.42. The summed E-state index contributed by atoms with van der Waals surface area (Å²) in [5.74, 6) is 2.59. The van der Waals surface area contributed by atoms with Gasteiger partial charge in [0.2, 0.25) is 5.95 Å². The molecule has 2 aromatic rings. The summed E-state index contributed by atoms with van der Waals surface area (Å²) in [6.45, 7) is 7.16. The molecule has 4 heterocycles. The van der Waals surface area contributed by atoms with Gasteiger partial charge in [-0.25, -0.2) is 15.0 Å². The average Bonchev–Trinajstić information content (AvgIpc) is 2.98. The molecule has 0 aromatic carbocycles. The Kier molecular flexibility index (Phi) is 3.59. The van der Waals surface area contributed by atoms with Crippen LogP contribution in [0, 0.1) is 19.8 Å². The van der Waals surface area contributed by atoms with Crippen molar-refractivity contribution in [3.05, 3.63) is 36.0 Å². The summed E-state index contributed by atoms with van der Waals surface area (Å²) in [5, 5.41) is 0. The van der Waals surface area contributed by atoms with E-state index in [1.165, 1.54) is 12.8 Å². The number of aromatic nitrogens is 4.